The average molecular weight is 1100 g/mol. The molecule has 0 aliphatic heterocycles. The van der Waals surface area contributed by atoms with Gasteiger partial charge in [0.25, 0.3) is 29.5 Å². The number of alkyl halides is 6. The number of carbonyl (C=O) groups excluding carboxylic acids is 6. The largest absolute Gasteiger partial charge is 0.433 e. The molecule has 0 radical (unpaired) electrons. The van der Waals surface area contributed by atoms with Crippen molar-refractivity contribution in [3.8, 4) is 0 Å². The fourth-order valence-electron chi connectivity index (χ4n) is 6.75. The molecule has 0 fully saturated rings. The summed E-state index contributed by atoms with van der Waals surface area (Å²) in [7, 11) is 3.56. The summed E-state index contributed by atoms with van der Waals surface area (Å²) in [6.45, 7) is -0.681. The van der Waals surface area contributed by atoms with Gasteiger partial charge in [0.05, 0.1) is 16.8 Å². The third-order valence-electron chi connectivity index (χ3n) is 10.2. The minimum absolute atomic E-state index is 0.101. The van der Waals surface area contributed by atoms with Crippen LogP contribution in [0.25, 0.3) is 17.0 Å². The van der Waals surface area contributed by atoms with Crippen LogP contribution in [0.5, 0.6) is 0 Å². The van der Waals surface area contributed by atoms with Gasteiger partial charge in [0.2, 0.25) is 36.8 Å². The number of rotatable bonds is 22. The molecular formula is C44H53F6N21O7. The van der Waals surface area contributed by atoms with Gasteiger partial charge in [-0.15, -0.1) is 0 Å². The van der Waals surface area contributed by atoms with Gasteiger partial charge >= 0.3 is 12.4 Å². The molecule has 4 rings (SSSR count). The van der Waals surface area contributed by atoms with E-state index in [-0.39, 0.29) is 5.56 Å². The first-order chi connectivity index (χ1) is 36.4. The number of fused-ring (bicyclic) bond motifs is 1. The highest BCUT2D eigenvalue weighted by Crippen LogP contribution is 2.40. The number of benzene rings is 3. The monoisotopic (exact) mass is 1100 g/mol. The summed E-state index contributed by atoms with van der Waals surface area (Å²) in [4.78, 5) is 101. The molecule has 0 saturated carbocycles. The van der Waals surface area contributed by atoms with Crippen LogP contribution in [0.2, 0.25) is 0 Å². The minimum Gasteiger partial charge on any atom is -0.378 e. The number of hydrogen-bond donors (Lipinski definition) is 15. The summed E-state index contributed by atoms with van der Waals surface area (Å²) in [6, 6.07) is 14.2. The van der Waals surface area contributed by atoms with Crippen LogP contribution in [-0.2, 0) is 41.1 Å². The zero-order chi connectivity index (χ0) is 58.4. The predicted molar refractivity (Wildman–Crippen MR) is 272 cm³/mol. The van der Waals surface area contributed by atoms with E-state index in [1.807, 2.05) is 16.0 Å². The van der Waals surface area contributed by atoms with E-state index < -0.39 is 143 Å². The number of aromatic nitrogens is 1. The molecular weight excluding hydrogens is 1050 g/mol. The van der Waals surface area contributed by atoms with Crippen molar-refractivity contribution in [2.45, 2.75) is 49.3 Å². The van der Waals surface area contributed by atoms with Crippen molar-refractivity contribution < 1.29 is 60.2 Å². The van der Waals surface area contributed by atoms with Crippen LogP contribution < -0.4 is 88.0 Å². The van der Waals surface area contributed by atoms with Crippen LogP contribution in [0.15, 0.2) is 105 Å². The zero-order valence-electron chi connectivity index (χ0n) is 40.8. The Kier molecular flexibility index (Phi) is 20.0. The maximum absolute atomic E-state index is 14.5. The normalized spacial score (nSPS) is 13.7. The molecule has 418 valence electrons. The summed E-state index contributed by atoms with van der Waals surface area (Å²) < 4.78 is 86.4. The highest BCUT2D eigenvalue weighted by molar-refractivity contribution is 6.00. The Morgan fingerprint density at radius 3 is 1.53 bits per heavy atom. The van der Waals surface area contributed by atoms with E-state index in [9.17, 15) is 60.2 Å². The molecule has 0 spiro atoms. The van der Waals surface area contributed by atoms with Crippen molar-refractivity contribution in [1.29, 1.82) is 0 Å². The predicted octanol–water partition coefficient (Wildman–Crippen LogP) is -3.62. The van der Waals surface area contributed by atoms with Gasteiger partial charge < -0.3 is 93.1 Å². The molecule has 3 aromatic carbocycles. The molecule has 1 heterocycles. The highest BCUT2D eigenvalue weighted by Gasteiger charge is 2.40. The second-order valence-electron chi connectivity index (χ2n) is 16.3. The summed E-state index contributed by atoms with van der Waals surface area (Å²) in [6.07, 6.45) is -19.2. The zero-order valence-corrected chi connectivity index (χ0v) is 40.8. The second-order valence-corrected chi connectivity index (χ2v) is 16.3. The number of para-hydroxylation sites is 1. The van der Waals surface area contributed by atoms with Crippen molar-refractivity contribution in [1.82, 2.24) is 31.6 Å². The topological polar surface area (TPSA) is 486 Å². The van der Waals surface area contributed by atoms with Gasteiger partial charge in [-0.1, -0.05) is 66.7 Å². The number of nitrogens with two attached hydrogens (primary N) is 9. The molecule has 24 N–H and O–H groups in total. The molecule has 0 saturated heterocycles. The third kappa shape index (κ3) is 16.9. The molecule has 6 unspecified atom stereocenters. The van der Waals surface area contributed by atoms with Crippen LogP contribution in [-0.4, -0.2) is 121 Å². The van der Waals surface area contributed by atoms with E-state index in [4.69, 9.17) is 51.6 Å². The van der Waals surface area contributed by atoms with Crippen LogP contribution in [0, 0.1) is 0 Å². The number of pyridine rings is 1. The molecule has 28 nitrogen and oxygen atoms in total. The van der Waals surface area contributed by atoms with Crippen LogP contribution in [0.1, 0.15) is 28.4 Å². The molecule has 0 aliphatic carbocycles. The average Bonchev–Trinajstić information content (AvgIpc) is 3.35. The Morgan fingerprint density at radius 1 is 0.603 bits per heavy atom. The number of nitrogens with zero attached hydrogens (tertiary/aromatic N) is 7. The summed E-state index contributed by atoms with van der Waals surface area (Å²) >= 11 is 0. The number of amides is 6. The number of aliphatic imine (C=N–C) groups is 4. The lowest BCUT2D eigenvalue weighted by Crippen LogP contribution is -2.58. The SMILES string of the molecule is CN(C)c1ccc(/C=C\CN(c2cc(C(F)(F)F)nc3c(C(F)(F)F)cccc23)C(O)C(=O)NC(C(=O)NC(N=C(N)N)C(=O)NC(N=C(N)N)C(=O)NC(N=C(N)N)C(=O)NC(N=C(N)N)C(N)=O)c2ccccc2)cc1. The van der Waals surface area contributed by atoms with Crippen molar-refractivity contribution in [2.24, 2.45) is 71.6 Å². The van der Waals surface area contributed by atoms with Crippen molar-refractivity contribution >= 4 is 87.6 Å². The Hall–Kier alpha value is -10.2. The number of guanidine groups is 4. The number of hydrogen-bond acceptors (Lipinski definition) is 14. The van der Waals surface area contributed by atoms with Crippen LogP contribution in [0.3, 0.4) is 0 Å². The van der Waals surface area contributed by atoms with E-state index in [0.29, 0.717) is 22.6 Å². The van der Waals surface area contributed by atoms with Gasteiger partial charge in [-0.05, 0) is 35.4 Å². The fourth-order valence-corrected chi connectivity index (χ4v) is 6.75. The van der Waals surface area contributed by atoms with Gasteiger partial charge in [-0.2, -0.15) is 26.3 Å². The minimum atomic E-state index is -5.37. The molecule has 6 amide bonds. The Bertz CT molecular complexity index is 3000. The molecule has 0 aliphatic rings. The lowest BCUT2D eigenvalue weighted by atomic mass is 10.0. The molecule has 1 aromatic heterocycles. The Morgan fingerprint density at radius 2 is 1.08 bits per heavy atom. The maximum atomic E-state index is 14.5. The standard InChI is InChI=1S/C44H53F6N21O7/c1-70(2)21-15-13-19(14-16-21)8-7-17-71(24-18-25(44(48,49)50)60-27-22(24)11-6-12-23(27)43(45,46)47)38(78)37(77)61-26(20-9-4-3-5-10-20)33(73)63-30(67-40(54)55)35(75)65-32(69-42(58)59)36(76)64-31(68-41(56)57)34(74)62-29(28(51)72)66-39(52)53/h3-16,18,26,29-32,38,78H,17H2,1-2H3,(H2,51,72)(H,61,77)(H,62,74)(H,63,73)(H,64,76)(H,65,75)(H4,52,53,66)(H4,54,55,67)(H4,56,57,68)(H4,58,59,69)/b8-7-. The summed E-state index contributed by atoms with van der Waals surface area (Å²) in [5, 5.41) is 21.6. The molecule has 0 bridgehead atoms. The van der Waals surface area contributed by atoms with Crippen molar-refractivity contribution in [2.75, 3.05) is 30.4 Å². The number of nitrogens with one attached hydrogen (secondary N) is 5. The number of anilines is 2. The van der Waals surface area contributed by atoms with Crippen LogP contribution >= 0.6 is 0 Å². The summed E-state index contributed by atoms with van der Waals surface area (Å²) in [5.74, 6) is -11.9. The van der Waals surface area contributed by atoms with Crippen molar-refractivity contribution in [3.05, 3.63) is 107 Å². The fraction of sp³-hybridized carbons (Fsp3) is 0.250. The Balaban J connectivity index is 1.76. The maximum Gasteiger partial charge on any atom is 0.433 e. The van der Waals surface area contributed by atoms with Gasteiger partial charge in [0.1, 0.15) is 11.7 Å². The summed E-state index contributed by atoms with van der Waals surface area (Å²) in [5.41, 5.74) is 44.5. The molecule has 4 aromatic rings. The quantitative estimate of drug-likeness (QED) is 0.0156. The van der Waals surface area contributed by atoms with E-state index in [2.05, 4.69) is 35.6 Å². The third-order valence-corrected chi connectivity index (χ3v) is 10.2. The van der Waals surface area contributed by atoms with E-state index in [0.717, 1.165) is 17.8 Å². The van der Waals surface area contributed by atoms with E-state index in [1.165, 1.54) is 42.5 Å². The van der Waals surface area contributed by atoms with E-state index in [1.54, 1.807) is 43.3 Å². The lowest BCUT2D eigenvalue weighted by Gasteiger charge is -2.31. The molecule has 34 heteroatoms. The number of carbonyl (C=O) groups is 6. The van der Waals surface area contributed by atoms with Crippen LogP contribution in [0.4, 0.5) is 37.7 Å². The molecule has 78 heavy (non-hydrogen) atoms. The van der Waals surface area contributed by atoms with Gasteiger partial charge in [-0.3, -0.25) is 28.8 Å². The first kappa shape index (κ1) is 60.4. The molecule has 6 atom stereocenters. The second kappa shape index (κ2) is 25.9. The Labute approximate surface area is 437 Å². The number of aliphatic hydroxyl groups excluding tert-OH is 1. The van der Waals surface area contributed by atoms with Crippen molar-refractivity contribution in [3.63, 3.8) is 0 Å². The highest BCUT2D eigenvalue weighted by atomic mass is 19.4. The number of aliphatic hydroxyl groups is 1. The smallest absolute Gasteiger partial charge is 0.378 e. The van der Waals surface area contributed by atoms with Gasteiger partial charge in [-0.25, -0.2) is 25.0 Å². The van der Waals surface area contributed by atoms with Gasteiger partial charge in [0, 0.05) is 31.7 Å². The lowest BCUT2D eigenvalue weighted by molar-refractivity contribution is -0.142. The first-order valence-corrected chi connectivity index (χ1v) is 22.1. The van der Waals surface area contributed by atoms with E-state index >= 15 is 0 Å². The van der Waals surface area contributed by atoms with Gasteiger partial charge in [0.15, 0.2) is 23.8 Å². The number of halogens is 6. The number of primary amides is 1. The first-order valence-electron chi connectivity index (χ1n) is 22.1.